The SMILES string of the molecule is CCC(C)CC(O)c1cc2cccc(C)c2o1. The van der Waals surface area contributed by atoms with Gasteiger partial charge in [0.15, 0.2) is 0 Å². The molecule has 2 atom stereocenters. The molecule has 0 radical (unpaired) electrons. The second-order valence-electron chi connectivity index (χ2n) is 4.91. The van der Waals surface area contributed by atoms with Crippen LogP contribution in [0.25, 0.3) is 11.0 Å². The van der Waals surface area contributed by atoms with Crippen molar-refractivity contribution in [3.05, 3.63) is 35.6 Å². The van der Waals surface area contributed by atoms with Crippen LogP contribution in [0.1, 0.15) is 44.1 Å². The molecule has 1 aromatic carbocycles. The standard InChI is InChI=1S/C15H20O2/c1-4-10(2)8-13(16)14-9-12-7-5-6-11(3)15(12)17-14/h5-7,9-10,13,16H,4,8H2,1-3H3. The number of hydrogen-bond donors (Lipinski definition) is 1. The molecule has 0 aliphatic carbocycles. The van der Waals surface area contributed by atoms with Gasteiger partial charge < -0.3 is 9.52 Å². The van der Waals surface area contributed by atoms with Crippen molar-refractivity contribution in [1.82, 2.24) is 0 Å². The molecular weight excluding hydrogens is 212 g/mol. The van der Waals surface area contributed by atoms with E-state index >= 15 is 0 Å². The molecule has 0 aliphatic rings. The van der Waals surface area contributed by atoms with E-state index in [0.29, 0.717) is 11.7 Å². The summed E-state index contributed by atoms with van der Waals surface area (Å²) in [5.41, 5.74) is 2.01. The Labute approximate surface area is 102 Å². The van der Waals surface area contributed by atoms with Crippen molar-refractivity contribution in [2.45, 2.75) is 39.7 Å². The lowest BCUT2D eigenvalue weighted by atomic mass is 10.00. The molecule has 0 bridgehead atoms. The normalized spacial score (nSPS) is 15.1. The summed E-state index contributed by atoms with van der Waals surface area (Å²) in [7, 11) is 0. The van der Waals surface area contributed by atoms with Crippen molar-refractivity contribution in [2.24, 2.45) is 5.92 Å². The van der Waals surface area contributed by atoms with E-state index in [1.54, 1.807) is 0 Å². The van der Waals surface area contributed by atoms with E-state index in [1.807, 2.05) is 31.2 Å². The summed E-state index contributed by atoms with van der Waals surface area (Å²) in [6.45, 7) is 6.31. The molecule has 1 aromatic heterocycles. The molecule has 92 valence electrons. The molecule has 1 heterocycles. The predicted molar refractivity (Wildman–Crippen MR) is 70.0 cm³/mol. The Morgan fingerprint density at radius 1 is 1.35 bits per heavy atom. The fourth-order valence-electron chi connectivity index (χ4n) is 2.06. The molecule has 1 N–H and O–H groups in total. The zero-order valence-corrected chi connectivity index (χ0v) is 10.7. The maximum absolute atomic E-state index is 10.1. The molecule has 2 nitrogen and oxygen atoms in total. The summed E-state index contributed by atoms with van der Waals surface area (Å²) in [6.07, 6.45) is 1.35. The lowest BCUT2D eigenvalue weighted by Crippen LogP contribution is -2.02. The number of aryl methyl sites for hydroxylation is 1. The minimum atomic E-state index is -0.489. The fourth-order valence-corrected chi connectivity index (χ4v) is 2.06. The molecule has 17 heavy (non-hydrogen) atoms. The van der Waals surface area contributed by atoms with Gasteiger partial charge in [0.25, 0.3) is 0 Å². The van der Waals surface area contributed by atoms with Gasteiger partial charge in [0, 0.05) is 5.39 Å². The molecular formula is C15H20O2. The van der Waals surface area contributed by atoms with Crippen LogP contribution in [0.15, 0.2) is 28.7 Å². The average Bonchev–Trinajstić information content (AvgIpc) is 2.74. The number of furan rings is 1. The molecule has 2 aromatic rings. The van der Waals surface area contributed by atoms with Crippen LogP contribution in [0.3, 0.4) is 0 Å². The Kier molecular flexibility index (Phi) is 3.53. The van der Waals surface area contributed by atoms with Crippen molar-refractivity contribution in [2.75, 3.05) is 0 Å². The third-order valence-electron chi connectivity index (χ3n) is 3.41. The maximum Gasteiger partial charge on any atom is 0.137 e. The summed E-state index contributed by atoms with van der Waals surface area (Å²) >= 11 is 0. The summed E-state index contributed by atoms with van der Waals surface area (Å²) in [6, 6.07) is 8.01. The van der Waals surface area contributed by atoms with E-state index in [1.165, 1.54) is 0 Å². The van der Waals surface area contributed by atoms with Crippen LogP contribution < -0.4 is 0 Å². The van der Waals surface area contributed by atoms with Crippen LogP contribution in [0.4, 0.5) is 0 Å². The first kappa shape index (κ1) is 12.2. The van der Waals surface area contributed by atoms with E-state index in [-0.39, 0.29) is 0 Å². The zero-order valence-electron chi connectivity index (χ0n) is 10.7. The third-order valence-corrected chi connectivity index (χ3v) is 3.41. The van der Waals surface area contributed by atoms with Crippen molar-refractivity contribution < 1.29 is 9.52 Å². The molecule has 0 fully saturated rings. The number of para-hydroxylation sites is 1. The lowest BCUT2D eigenvalue weighted by Gasteiger charge is -2.12. The monoisotopic (exact) mass is 232 g/mol. The number of fused-ring (bicyclic) bond motifs is 1. The number of hydrogen-bond acceptors (Lipinski definition) is 2. The maximum atomic E-state index is 10.1. The fraction of sp³-hybridized carbons (Fsp3) is 0.467. The Balaban J connectivity index is 2.27. The number of aliphatic hydroxyl groups is 1. The highest BCUT2D eigenvalue weighted by Gasteiger charge is 2.16. The molecule has 2 unspecified atom stereocenters. The Hall–Kier alpha value is -1.28. The largest absolute Gasteiger partial charge is 0.458 e. The van der Waals surface area contributed by atoms with Gasteiger partial charge in [0.1, 0.15) is 17.4 Å². The van der Waals surface area contributed by atoms with Crippen molar-refractivity contribution in [3.63, 3.8) is 0 Å². The highest BCUT2D eigenvalue weighted by Crippen LogP contribution is 2.29. The Bertz CT molecular complexity index is 499. The van der Waals surface area contributed by atoms with E-state index in [2.05, 4.69) is 13.8 Å². The van der Waals surface area contributed by atoms with Crippen LogP contribution in [-0.4, -0.2) is 5.11 Å². The van der Waals surface area contributed by atoms with Gasteiger partial charge in [0.2, 0.25) is 0 Å². The number of benzene rings is 1. The van der Waals surface area contributed by atoms with Gasteiger partial charge in [-0.25, -0.2) is 0 Å². The highest BCUT2D eigenvalue weighted by atomic mass is 16.4. The van der Waals surface area contributed by atoms with Crippen LogP contribution in [0.5, 0.6) is 0 Å². The minimum Gasteiger partial charge on any atom is -0.458 e. The van der Waals surface area contributed by atoms with Gasteiger partial charge in [-0.15, -0.1) is 0 Å². The van der Waals surface area contributed by atoms with Crippen molar-refractivity contribution >= 4 is 11.0 Å². The smallest absolute Gasteiger partial charge is 0.137 e. The van der Waals surface area contributed by atoms with Crippen molar-refractivity contribution in [1.29, 1.82) is 0 Å². The third kappa shape index (κ3) is 2.52. The average molecular weight is 232 g/mol. The molecule has 2 heteroatoms. The van der Waals surface area contributed by atoms with Crippen LogP contribution in [0.2, 0.25) is 0 Å². The molecule has 2 rings (SSSR count). The topological polar surface area (TPSA) is 33.4 Å². The second kappa shape index (κ2) is 4.92. The lowest BCUT2D eigenvalue weighted by molar-refractivity contribution is 0.124. The molecule has 0 amide bonds. The van der Waals surface area contributed by atoms with Gasteiger partial charge in [0.05, 0.1) is 0 Å². The van der Waals surface area contributed by atoms with Gasteiger partial charge in [-0.3, -0.25) is 0 Å². The van der Waals surface area contributed by atoms with Gasteiger partial charge in [-0.1, -0.05) is 38.5 Å². The first-order valence-electron chi connectivity index (χ1n) is 6.29. The highest BCUT2D eigenvalue weighted by molar-refractivity contribution is 5.80. The predicted octanol–water partition coefficient (Wildman–Crippen LogP) is 4.21. The molecule has 0 spiro atoms. The van der Waals surface area contributed by atoms with Gasteiger partial charge >= 0.3 is 0 Å². The summed E-state index contributed by atoms with van der Waals surface area (Å²) in [4.78, 5) is 0. The summed E-state index contributed by atoms with van der Waals surface area (Å²) in [5, 5.41) is 11.2. The molecule has 0 aliphatic heterocycles. The van der Waals surface area contributed by atoms with E-state index in [0.717, 1.165) is 29.4 Å². The van der Waals surface area contributed by atoms with E-state index < -0.39 is 6.10 Å². The van der Waals surface area contributed by atoms with Crippen LogP contribution >= 0.6 is 0 Å². The number of aliphatic hydroxyl groups excluding tert-OH is 1. The van der Waals surface area contributed by atoms with Crippen LogP contribution in [0, 0.1) is 12.8 Å². The molecule has 0 saturated heterocycles. The minimum absolute atomic E-state index is 0.489. The Morgan fingerprint density at radius 3 is 2.76 bits per heavy atom. The van der Waals surface area contributed by atoms with Gasteiger partial charge in [-0.2, -0.15) is 0 Å². The Morgan fingerprint density at radius 2 is 2.12 bits per heavy atom. The van der Waals surface area contributed by atoms with E-state index in [4.69, 9.17) is 4.42 Å². The second-order valence-corrected chi connectivity index (χ2v) is 4.91. The van der Waals surface area contributed by atoms with Crippen LogP contribution in [-0.2, 0) is 0 Å². The first-order valence-corrected chi connectivity index (χ1v) is 6.29. The van der Waals surface area contributed by atoms with E-state index in [9.17, 15) is 5.11 Å². The summed E-state index contributed by atoms with van der Waals surface area (Å²) in [5.74, 6) is 1.20. The summed E-state index contributed by atoms with van der Waals surface area (Å²) < 4.78 is 5.76. The van der Waals surface area contributed by atoms with Crippen molar-refractivity contribution in [3.8, 4) is 0 Å². The zero-order chi connectivity index (χ0) is 12.4. The molecule has 0 saturated carbocycles. The number of rotatable bonds is 4. The quantitative estimate of drug-likeness (QED) is 0.856. The van der Waals surface area contributed by atoms with Gasteiger partial charge in [-0.05, 0) is 30.9 Å². The first-order chi connectivity index (χ1) is 8.11.